The Bertz CT molecular complexity index is 796. The van der Waals surface area contributed by atoms with Crippen LogP contribution in [0.25, 0.3) is 0 Å². The van der Waals surface area contributed by atoms with Crippen LogP contribution < -0.4 is 5.32 Å². The highest BCUT2D eigenvalue weighted by Gasteiger charge is 2.28. The van der Waals surface area contributed by atoms with Crippen LogP contribution >= 0.6 is 11.6 Å². The van der Waals surface area contributed by atoms with Gasteiger partial charge in [0, 0.05) is 23.6 Å². The molecule has 3 rings (SSSR count). The van der Waals surface area contributed by atoms with Crippen molar-refractivity contribution in [1.29, 1.82) is 0 Å². The smallest absolute Gasteiger partial charge is 0.340 e. The molecular formula is C17H18ClN3O3. The van der Waals surface area contributed by atoms with Crippen molar-refractivity contribution in [3.05, 3.63) is 46.5 Å². The molecule has 1 N–H and O–H groups in total. The van der Waals surface area contributed by atoms with Crippen LogP contribution in [-0.4, -0.2) is 28.0 Å². The second-order valence-electron chi connectivity index (χ2n) is 5.85. The molecule has 1 fully saturated rings. The third kappa shape index (κ3) is 3.43. The lowest BCUT2D eigenvalue weighted by Crippen LogP contribution is -2.21. The van der Waals surface area contributed by atoms with E-state index in [-0.39, 0.29) is 11.8 Å². The average Bonchev–Trinajstić information content (AvgIpc) is 3.33. The van der Waals surface area contributed by atoms with E-state index in [0.717, 1.165) is 24.2 Å². The maximum absolute atomic E-state index is 12.2. The summed E-state index contributed by atoms with van der Waals surface area (Å²) in [5.74, 6) is -0.961. The minimum absolute atomic E-state index is 0.185. The molecule has 2 aromatic heterocycles. The van der Waals surface area contributed by atoms with Gasteiger partial charge in [-0.3, -0.25) is 4.79 Å². The molecular weight excluding hydrogens is 330 g/mol. The Balaban J connectivity index is 1.60. The van der Waals surface area contributed by atoms with E-state index in [0.29, 0.717) is 17.3 Å². The number of halogens is 1. The van der Waals surface area contributed by atoms with Gasteiger partial charge in [-0.1, -0.05) is 11.6 Å². The molecule has 2 heterocycles. The monoisotopic (exact) mass is 347 g/mol. The molecule has 0 atom stereocenters. The maximum Gasteiger partial charge on any atom is 0.340 e. The van der Waals surface area contributed by atoms with Crippen LogP contribution in [-0.2, 0) is 9.53 Å². The van der Waals surface area contributed by atoms with E-state index in [9.17, 15) is 9.59 Å². The molecule has 1 saturated carbocycles. The number of nitrogens with one attached hydrogen (secondary N) is 1. The number of ether oxygens (including phenoxy) is 1. The number of aromatic nitrogens is 2. The first-order valence-corrected chi connectivity index (χ1v) is 8.11. The van der Waals surface area contributed by atoms with Gasteiger partial charge < -0.3 is 14.6 Å². The zero-order valence-corrected chi connectivity index (χ0v) is 14.3. The van der Waals surface area contributed by atoms with Crippen molar-refractivity contribution < 1.29 is 14.3 Å². The quantitative estimate of drug-likeness (QED) is 0.665. The molecule has 6 nitrogen and oxygen atoms in total. The molecule has 0 spiro atoms. The van der Waals surface area contributed by atoms with Gasteiger partial charge in [0.05, 0.1) is 11.3 Å². The Labute approximate surface area is 144 Å². The number of nitrogens with zero attached hydrogens (tertiary/aromatic N) is 2. The molecule has 0 bridgehead atoms. The predicted octanol–water partition coefficient (Wildman–Crippen LogP) is 3.28. The first-order chi connectivity index (χ1) is 11.5. The number of anilines is 1. The van der Waals surface area contributed by atoms with Crippen LogP contribution in [0.2, 0.25) is 5.15 Å². The van der Waals surface area contributed by atoms with Gasteiger partial charge in [-0.15, -0.1) is 0 Å². The molecule has 2 aromatic rings. The fourth-order valence-electron chi connectivity index (χ4n) is 2.75. The van der Waals surface area contributed by atoms with Crippen LogP contribution in [0, 0.1) is 13.8 Å². The van der Waals surface area contributed by atoms with Crippen molar-refractivity contribution in [2.75, 3.05) is 11.9 Å². The molecule has 126 valence electrons. The van der Waals surface area contributed by atoms with Gasteiger partial charge in [-0.05, 0) is 44.9 Å². The summed E-state index contributed by atoms with van der Waals surface area (Å²) in [6.07, 6.45) is 3.80. The van der Waals surface area contributed by atoms with E-state index >= 15 is 0 Å². The van der Waals surface area contributed by atoms with E-state index in [1.165, 1.54) is 6.20 Å². The minimum atomic E-state index is -0.498. The molecule has 0 saturated heterocycles. The van der Waals surface area contributed by atoms with Gasteiger partial charge in [0.1, 0.15) is 0 Å². The van der Waals surface area contributed by atoms with E-state index < -0.39 is 11.9 Å². The minimum Gasteiger partial charge on any atom is -0.452 e. The Kier molecular flexibility index (Phi) is 4.57. The number of pyridine rings is 1. The molecule has 1 aliphatic rings. The summed E-state index contributed by atoms with van der Waals surface area (Å²) in [5, 5.41) is 2.75. The number of aryl methyl sites for hydroxylation is 1. The molecule has 0 aliphatic heterocycles. The van der Waals surface area contributed by atoms with Crippen molar-refractivity contribution in [3.63, 3.8) is 0 Å². The predicted molar refractivity (Wildman–Crippen MR) is 90.3 cm³/mol. The van der Waals surface area contributed by atoms with E-state index in [1.54, 1.807) is 12.1 Å². The third-order valence-corrected chi connectivity index (χ3v) is 4.29. The first-order valence-electron chi connectivity index (χ1n) is 7.73. The number of carbonyl (C=O) groups is 2. The van der Waals surface area contributed by atoms with Crippen molar-refractivity contribution in [2.45, 2.75) is 32.7 Å². The molecule has 24 heavy (non-hydrogen) atoms. The van der Waals surface area contributed by atoms with Crippen LogP contribution in [0.5, 0.6) is 0 Å². The zero-order valence-electron chi connectivity index (χ0n) is 13.5. The van der Waals surface area contributed by atoms with Crippen molar-refractivity contribution in [1.82, 2.24) is 9.55 Å². The van der Waals surface area contributed by atoms with Gasteiger partial charge >= 0.3 is 5.97 Å². The number of hydrogen-bond acceptors (Lipinski definition) is 4. The number of rotatable bonds is 5. The number of carbonyl (C=O) groups excluding carboxylic acids is 2. The zero-order chi connectivity index (χ0) is 17.3. The van der Waals surface area contributed by atoms with Gasteiger partial charge in [0.15, 0.2) is 11.8 Å². The summed E-state index contributed by atoms with van der Waals surface area (Å²) in [4.78, 5) is 28.0. The van der Waals surface area contributed by atoms with E-state index in [4.69, 9.17) is 16.3 Å². The summed E-state index contributed by atoms with van der Waals surface area (Å²) in [6.45, 7) is 3.49. The highest BCUT2D eigenvalue weighted by Crippen LogP contribution is 2.38. The molecule has 1 amide bonds. The molecule has 1 aliphatic carbocycles. The average molecular weight is 348 g/mol. The lowest BCUT2D eigenvalue weighted by Gasteiger charge is -2.09. The SMILES string of the molecule is Cc1cc(C(=O)OCC(=O)Nc2cccnc2Cl)c(C)n1C1CC1. The number of hydrogen-bond donors (Lipinski definition) is 1. The van der Waals surface area contributed by atoms with Gasteiger partial charge in [0.25, 0.3) is 5.91 Å². The second-order valence-corrected chi connectivity index (χ2v) is 6.21. The second kappa shape index (κ2) is 6.65. The van der Waals surface area contributed by atoms with Gasteiger partial charge in [-0.25, -0.2) is 9.78 Å². The largest absolute Gasteiger partial charge is 0.452 e. The third-order valence-electron chi connectivity index (χ3n) is 3.98. The topological polar surface area (TPSA) is 73.2 Å². The van der Waals surface area contributed by atoms with Crippen LogP contribution in [0.15, 0.2) is 24.4 Å². The fraction of sp³-hybridized carbons (Fsp3) is 0.353. The maximum atomic E-state index is 12.2. The van der Waals surface area contributed by atoms with Crippen LogP contribution in [0.4, 0.5) is 5.69 Å². The molecule has 0 radical (unpaired) electrons. The van der Waals surface area contributed by atoms with Crippen molar-refractivity contribution in [3.8, 4) is 0 Å². The van der Waals surface area contributed by atoms with E-state index in [2.05, 4.69) is 14.9 Å². The Morgan fingerprint density at radius 3 is 2.83 bits per heavy atom. The Morgan fingerprint density at radius 2 is 2.17 bits per heavy atom. The highest BCUT2D eigenvalue weighted by atomic mass is 35.5. The molecule has 7 heteroatoms. The number of amides is 1. The van der Waals surface area contributed by atoms with Gasteiger partial charge in [0.2, 0.25) is 0 Å². The lowest BCUT2D eigenvalue weighted by molar-refractivity contribution is -0.119. The Hall–Kier alpha value is -2.34. The summed E-state index contributed by atoms with van der Waals surface area (Å²) in [6, 6.07) is 5.58. The van der Waals surface area contributed by atoms with Crippen LogP contribution in [0.1, 0.15) is 40.6 Å². The standard InChI is InChI=1S/C17H18ClN3O3/c1-10-8-13(11(2)21(10)12-5-6-12)17(23)24-9-15(22)20-14-4-3-7-19-16(14)18/h3-4,7-8,12H,5-6,9H2,1-2H3,(H,20,22). The summed E-state index contributed by atoms with van der Waals surface area (Å²) in [5.41, 5.74) is 2.81. The Morgan fingerprint density at radius 1 is 1.42 bits per heavy atom. The summed E-state index contributed by atoms with van der Waals surface area (Å²) in [7, 11) is 0. The first kappa shape index (κ1) is 16.5. The normalized spacial score (nSPS) is 13.6. The van der Waals surface area contributed by atoms with E-state index in [1.807, 2.05) is 19.9 Å². The summed E-state index contributed by atoms with van der Waals surface area (Å²) >= 11 is 5.87. The fourth-order valence-corrected chi connectivity index (χ4v) is 2.92. The molecule has 0 unspecified atom stereocenters. The van der Waals surface area contributed by atoms with Gasteiger partial charge in [-0.2, -0.15) is 0 Å². The number of esters is 1. The highest BCUT2D eigenvalue weighted by molar-refractivity contribution is 6.32. The van der Waals surface area contributed by atoms with Crippen molar-refractivity contribution in [2.24, 2.45) is 0 Å². The van der Waals surface area contributed by atoms with Crippen LogP contribution in [0.3, 0.4) is 0 Å². The molecule has 0 aromatic carbocycles. The lowest BCUT2D eigenvalue weighted by atomic mass is 10.2. The summed E-state index contributed by atoms with van der Waals surface area (Å²) < 4.78 is 7.28. The van der Waals surface area contributed by atoms with Crippen molar-refractivity contribution >= 4 is 29.2 Å².